The van der Waals surface area contributed by atoms with Gasteiger partial charge < -0.3 is 4.74 Å². The van der Waals surface area contributed by atoms with E-state index < -0.39 is 0 Å². The Balaban J connectivity index is 1.96. The molecule has 1 aromatic heterocycles. The summed E-state index contributed by atoms with van der Waals surface area (Å²) in [5.41, 5.74) is 1.13. The molecule has 0 saturated carbocycles. The van der Waals surface area contributed by atoms with Crippen LogP contribution in [0.3, 0.4) is 0 Å². The Morgan fingerprint density at radius 3 is 2.64 bits per heavy atom. The number of ether oxygens (including phenoxy) is 1. The predicted octanol–water partition coefficient (Wildman–Crippen LogP) is 2.06. The van der Waals surface area contributed by atoms with Gasteiger partial charge >= 0.3 is 0 Å². The molecule has 0 radical (unpaired) electrons. The molecule has 3 heteroatoms. The SMILES string of the molecule is c1ccc(COc2ccncn2)cc1. The molecule has 0 atom stereocenters. The van der Waals surface area contributed by atoms with Crippen molar-refractivity contribution in [2.75, 3.05) is 0 Å². The van der Waals surface area contributed by atoms with Crippen molar-refractivity contribution in [3.63, 3.8) is 0 Å². The lowest BCUT2D eigenvalue weighted by Gasteiger charge is -2.03. The third-order valence-electron chi connectivity index (χ3n) is 1.78. The van der Waals surface area contributed by atoms with E-state index >= 15 is 0 Å². The van der Waals surface area contributed by atoms with Crippen LogP contribution in [0.2, 0.25) is 0 Å². The zero-order chi connectivity index (χ0) is 9.64. The van der Waals surface area contributed by atoms with Gasteiger partial charge in [0.15, 0.2) is 0 Å². The summed E-state index contributed by atoms with van der Waals surface area (Å²) < 4.78 is 5.44. The minimum Gasteiger partial charge on any atom is -0.473 e. The molecule has 0 fully saturated rings. The zero-order valence-electron chi connectivity index (χ0n) is 7.63. The first-order valence-corrected chi connectivity index (χ1v) is 4.38. The van der Waals surface area contributed by atoms with Crippen molar-refractivity contribution >= 4 is 0 Å². The van der Waals surface area contributed by atoms with E-state index in [4.69, 9.17) is 4.74 Å². The van der Waals surface area contributed by atoms with Gasteiger partial charge in [0, 0.05) is 12.3 Å². The van der Waals surface area contributed by atoms with Crippen molar-refractivity contribution < 1.29 is 4.74 Å². The molecule has 0 aliphatic carbocycles. The molecule has 0 unspecified atom stereocenters. The number of benzene rings is 1. The molecule has 0 amide bonds. The van der Waals surface area contributed by atoms with Gasteiger partial charge in [-0.05, 0) is 5.56 Å². The molecule has 0 N–H and O–H groups in total. The molecule has 1 heterocycles. The lowest BCUT2D eigenvalue weighted by Crippen LogP contribution is -1.96. The highest BCUT2D eigenvalue weighted by Crippen LogP contribution is 2.06. The molecule has 0 aliphatic rings. The Hall–Kier alpha value is -1.90. The first kappa shape index (κ1) is 8.69. The summed E-state index contributed by atoms with van der Waals surface area (Å²) in [4.78, 5) is 7.77. The Kier molecular flexibility index (Phi) is 2.71. The Labute approximate surface area is 82.4 Å². The third kappa shape index (κ3) is 2.29. The van der Waals surface area contributed by atoms with E-state index in [9.17, 15) is 0 Å². The second-order valence-corrected chi connectivity index (χ2v) is 2.82. The molecule has 0 spiro atoms. The molecule has 1 aromatic carbocycles. The molecular formula is C11H10N2O. The van der Waals surface area contributed by atoms with Gasteiger partial charge in [-0.15, -0.1) is 0 Å². The highest BCUT2D eigenvalue weighted by Gasteiger charge is 1.94. The second kappa shape index (κ2) is 4.37. The Morgan fingerprint density at radius 2 is 1.93 bits per heavy atom. The maximum absolute atomic E-state index is 5.44. The number of rotatable bonds is 3. The van der Waals surface area contributed by atoms with Crippen molar-refractivity contribution in [2.24, 2.45) is 0 Å². The number of hydrogen-bond donors (Lipinski definition) is 0. The van der Waals surface area contributed by atoms with E-state index in [1.807, 2.05) is 30.3 Å². The van der Waals surface area contributed by atoms with Gasteiger partial charge in [0.1, 0.15) is 12.9 Å². The maximum atomic E-state index is 5.44. The van der Waals surface area contributed by atoms with Crippen LogP contribution >= 0.6 is 0 Å². The summed E-state index contributed by atoms with van der Waals surface area (Å²) in [5.74, 6) is 0.601. The fourth-order valence-corrected chi connectivity index (χ4v) is 1.10. The molecule has 2 rings (SSSR count). The minimum absolute atomic E-state index is 0.540. The van der Waals surface area contributed by atoms with Gasteiger partial charge in [-0.3, -0.25) is 0 Å². The van der Waals surface area contributed by atoms with E-state index in [0.717, 1.165) is 5.56 Å². The quantitative estimate of drug-likeness (QED) is 0.735. The average Bonchev–Trinajstić information content (AvgIpc) is 2.29. The average molecular weight is 186 g/mol. The summed E-state index contributed by atoms with van der Waals surface area (Å²) in [6, 6.07) is 11.7. The minimum atomic E-state index is 0.540. The number of hydrogen-bond acceptors (Lipinski definition) is 3. The highest BCUT2D eigenvalue weighted by atomic mass is 16.5. The highest BCUT2D eigenvalue weighted by molar-refractivity contribution is 5.15. The number of nitrogens with zero attached hydrogens (tertiary/aromatic N) is 2. The van der Waals surface area contributed by atoms with Crippen LogP contribution in [0.4, 0.5) is 0 Å². The molecule has 0 saturated heterocycles. The topological polar surface area (TPSA) is 35.0 Å². The third-order valence-corrected chi connectivity index (χ3v) is 1.78. The van der Waals surface area contributed by atoms with E-state index in [-0.39, 0.29) is 0 Å². The molecular weight excluding hydrogens is 176 g/mol. The van der Waals surface area contributed by atoms with Crippen molar-refractivity contribution in [3.05, 3.63) is 54.5 Å². The van der Waals surface area contributed by atoms with Gasteiger partial charge in [-0.1, -0.05) is 30.3 Å². The molecule has 0 aliphatic heterocycles. The van der Waals surface area contributed by atoms with E-state index in [0.29, 0.717) is 12.5 Å². The Bertz CT molecular complexity index is 336. The smallest absolute Gasteiger partial charge is 0.216 e. The zero-order valence-corrected chi connectivity index (χ0v) is 7.63. The fraction of sp³-hybridized carbons (Fsp3) is 0.0909. The van der Waals surface area contributed by atoms with Crippen LogP contribution in [0.1, 0.15) is 5.56 Å². The van der Waals surface area contributed by atoms with Gasteiger partial charge in [-0.2, -0.15) is 0 Å². The van der Waals surface area contributed by atoms with Crippen molar-refractivity contribution in [1.82, 2.24) is 9.97 Å². The molecule has 70 valence electrons. The van der Waals surface area contributed by atoms with Crippen LogP contribution in [0.25, 0.3) is 0 Å². The monoisotopic (exact) mass is 186 g/mol. The summed E-state index contributed by atoms with van der Waals surface area (Å²) >= 11 is 0. The summed E-state index contributed by atoms with van der Waals surface area (Å²) in [5, 5.41) is 0. The van der Waals surface area contributed by atoms with Crippen LogP contribution < -0.4 is 4.74 Å². The number of aromatic nitrogens is 2. The lowest BCUT2D eigenvalue weighted by molar-refractivity contribution is 0.293. The van der Waals surface area contributed by atoms with E-state index in [1.165, 1.54) is 6.33 Å². The predicted molar refractivity (Wildman–Crippen MR) is 52.8 cm³/mol. The van der Waals surface area contributed by atoms with E-state index in [1.54, 1.807) is 12.3 Å². The van der Waals surface area contributed by atoms with Gasteiger partial charge in [0.25, 0.3) is 0 Å². The molecule has 0 bridgehead atoms. The maximum Gasteiger partial charge on any atom is 0.216 e. The lowest BCUT2D eigenvalue weighted by atomic mass is 10.2. The largest absolute Gasteiger partial charge is 0.473 e. The van der Waals surface area contributed by atoms with Crippen molar-refractivity contribution in [1.29, 1.82) is 0 Å². The summed E-state index contributed by atoms with van der Waals surface area (Å²) in [6.45, 7) is 0.540. The Morgan fingerprint density at radius 1 is 1.07 bits per heavy atom. The first-order valence-electron chi connectivity index (χ1n) is 4.38. The van der Waals surface area contributed by atoms with Gasteiger partial charge in [0.2, 0.25) is 5.88 Å². The van der Waals surface area contributed by atoms with Crippen molar-refractivity contribution in [3.8, 4) is 5.88 Å². The van der Waals surface area contributed by atoms with Gasteiger partial charge in [0.05, 0.1) is 0 Å². The normalized spacial score (nSPS) is 9.71. The molecule has 2 aromatic rings. The summed E-state index contributed by atoms with van der Waals surface area (Å²) in [7, 11) is 0. The van der Waals surface area contributed by atoms with Crippen LogP contribution in [-0.2, 0) is 6.61 Å². The summed E-state index contributed by atoms with van der Waals surface area (Å²) in [6.07, 6.45) is 3.13. The van der Waals surface area contributed by atoms with Crippen LogP contribution in [0.5, 0.6) is 5.88 Å². The van der Waals surface area contributed by atoms with Crippen LogP contribution in [0.15, 0.2) is 48.9 Å². The molecule has 3 nitrogen and oxygen atoms in total. The standard InChI is InChI=1S/C11H10N2O/c1-2-4-10(5-3-1)8-14-11-6-7-12-9-13-11/h1-7,9H,8H2. The van der Waals surface area contributed by atoms with Crippen LogP contribution in [-0.4, -0.2) is 9.97 Å². The van der Waals surface area contributed by atoms with Crippen molar-refractivity contribution in [2.45, 2.75) is 6.61 Å². The van der Waals surface area contributed by atoms with E-state index in [2.05, 4.69) is 9.97 Å². The molecule has 14 heavy (non-hydrogen) atoms. The first-order chi connectivity index (χ1) is 6.95. The fourth-order valence-electron chi connectivity index (χ4n) is 1.10. The van der Waals surface area contributed by atoms with Gasteiger partial charge in [-0.25, -0.2) is 9.97 Å². The second-order valence-electron chi connectivity index (χ2n) is 2.82. The van der Waals surface area contributed by atoms with Crippen LogP contribution in [0, 0.1) is 0 Å².